The summed E-state index contributed by atoms with van der Waals surface area (Å²) in [5, 5.41) is 13.0. The number of amides is 1. The number of carbonyl (C=O) groups excluding carboxylic acids is 1. The van der Waals surface area contributed by atoms with Crippen molar-refractivity contribution in [3.63, 3.8) is 0 Å². The first-order valence-corrected chi connectivity index (χ1v) is 9.25. The molecule has 4 nitrogen and oxygen atoms in total. The lowest BCUT2D eigenvalue weighted by atomic mass is 9.83. The molecule has 5 heteroatoms. The Morgan fingerprint density at radius 1 is 1.19 bits per heavy atom. The highest BCUT2D eigenvalue weighted by atomic mass is 32.2. The van der Waals surface area contributed by atoms with E-state index in [1.54, 1.807) is 18.9 Å². The van der Waals surface area contributed by atoms with Crippen LogP contribution in [0, 0.1) is 17.1 Å². The fourth-order valence-electron chi connectivity index (χ4n) is 2.95. The highest BCUT2D eigenvalue weighted by Gasteiger charge is 2.48. The quantitative estimate of drug-likeness (QED) is 0.501. The molecule has 0 spiro atoms. The summed E-state index contributed by atoms with van der Waals surface area (Å²) in [4.78, 5) is 15.2. The lowest BCUT2D eigenvalue weighted by molar-refractivity contribution is -0.160. The number of likely N-dealkylation sites (tertiary alicyclic amines) is 1. The van der Waals surface area contributed by atoms with E-state index in [0.29, 0.717) is 6.54 Å². The van der Waals surface area contributed by atoms with E-state index in [4.69, 9.17) is 4.74 Å². The molecular formula is C21H21NO3S. The fourth-order valence-corrected chi connectivity index (χ4v) is 3.55. The molecule has 3 atom stereocenters. The second-order valence-electron chi connectivity index (χ2n) is 6.19. The van der Waals surface area contributed by atoms with Crippen LogP contribution in [0.2, 0.25) is 0 Å². The zero-order valence-corrected chi connectivity index (χ0v) is 15.6. The number of carbonyl (C=O) groups is 1. The van der Waals surface area contributed by atoms with E-state index in [1.165, 1.54) is 11.8 Å². The number of benzene rings is 2. The SMILES string of the molecule is COc1ccc(CN2C(=O)C(C(C)O)C2C#CSc2ccccc2)cc1. The lowest BCUT2D eigenvalue weighted by Crippen LogP contribution is -2.63. The molecule has 1 fully saturated rings. The second kappa shape index (κ2) is 8.31. The fraction of sp³-hybridized carbons (Fsp3) is 0.286. The van der Waals surface area contributed by atoms with Crippen molar-refractivity contribution in [2.24, 2.45) is 5.92 Å². The molecule has 0 aromatic heterocycles. The Hall–Kier alpha value is -2.42. The lowest BCUT2D eigenvalue weighted by Gasteiger charge is -2.45. The maximum Gasteiger partial charge on any atom is 0.232 e. The molecule has 26 heavy (non-hydrogen) atoms. The standard InChI is InChI=1S/C21H21NO3S/c1-15(23)20-19(12-13-26-18-6-4-3-5-7-18)22(21(20)24)14-16-8-10-17(25-2)11-9-16/h3-11,15,19-20,23H,14H2,1-2H3. The van der Waals surface area contributed by atoms with Gasteiger partial charge in [-0.1, -0.05) is 36.3 Å². The normalized spacial score (nSPS) is 20.0. The van der Waals surface area contributed by atoms with Gasteiger partial charge in [0.15, 0.2) is 0 Å². The Morgan fingerprint density at radius 3 is 2.50 bits per heavy atom. The Kier molecular flexibility index (Phi) is 5.87. The van der Waals surface area contributed by atoms with Crippen molar-refractivity contribution < 1.29 is 14.6 Å². The molecule has 134 valence electrons. The molecular weight excluding hydrogens is 346 g/mol. The molecule has 1 aliphatic heterocycles. The minimum absolute atomic E-state index is 0.0557. The van der Waals surface area contributed by atoms with E-state index < -0.39 is 12.0 Å². The van der Waals surface area contributed by atoms with Crippen LogP contribution < -0.4 is 4.74 Å². The third-order valence-corrected chi connectivity index (χ3v) is 5.12. The Morgan fingerprint density at radius 2 is 1.88 bits per heavy atom. The van der Waals surface area contributed by atoms with Crippen LogP contribution >= 0.6 is 11.8 Å². The molecule has 1 aliphatic rings. The van der Waals surface area contributed by atoms with Crippen molar-refractivity contribution in [2.75, 3.05) is 7.11 Å². The van der Waals surface area contributed by atoms with Crippen molar-refractivity contribution in [3.05, 3.63) is 60.2 Å². The van der Waals surface area contributed by atoms with Gasteiger partial charge in [0.1, 0.15) is 11.8 Å². The number of β-lactam (4-membered cyclic amide) rings is 1. The number of hydrogen-bond donors (Lipinski definition) is 1. The van der Waals surface area contributed by atoms with E-state index in [9.17, 15) is 9.90 Å². The number of thioether (sulfide) groups is 1. The van der Waals surface area contributed by atoms with Crippen LogP contribution in [0.3, 0.4) is 0 Å². The Balaban J connectivity index is 1.72. The van der Waals surface area contributed by atoms with Crippen molar-refractivity contribution in [1.82, 2.24) is 4.90 Å². The molecule has 3 unspecified atom stereocenters. The Bertz CT molecular complexity index is 809. The van der Waals surface area contributed by atoms with Crippen LogP contribution in [0.1, 0.15) is 12.5 Å². The van der Waals surface area contributed by atoms with E-state index >= 15 is 0 Å². The average Bonchev–Trinajstić information content (AvgIpc) is 2.66. The summed E-state index contributed by atoms with van der Waals surface area (Å²) < 4.78 is 5.16. The summed E-state index contributed by atoms with van der Waals surface area (Å²) in [5.41, 5.74) is 1.01. The molecule has 0 aliphatic carbocycles. The van der Waals surface area contributed by atoms with Gasteiger partial charge in [0.2, 0.25) is 5.91 Å². The number of rotatable bonds is 5. The maximum absolute atomic E-state index is 12.4. The predicted octanol–water partition coefficient (Wildman–Crippen LogP) is 3.16. The van der Waals surface area contributed by atoms with Gasteiger partial charge in [-0.3, -0.25) is 4.79 Å². The third kappa shape index (κ3) is 4.04. The van der Waals surface area contributed by atoms with Crippen LogP contribution in [0.5, 0.6) is 5.75 Å². The smallest absolute Gasteiger partial charge is 0.232 e. The summed E-state index contributed by atoms with van der Waals surface area (Å²) in [6, 6.07) is 17.2. The molecule has 1 saturated heterocycles. The zero-order valence-electron chi connectivity index (χ0n) is 14.8. The first kappa shape index (κ1) is 18.4. The van der Waals surface area contributed by atoms with Gasteiger partial charge in [-0.15, -0.1) is 0 Å². The summed E-state index contributed by atoms with van der Waals surface area (Å²) in [6.07, 6.45) is -0.712. The van der Waals surface area contributed by atoms with Crippen LogP contribution in [-0.2, 0) is 11.3 Å². The highest BCUT2D eigenvalue weighted by Crippen LogP contribution is 2.31. The predicted molar refractivity (Wildman–Crippen MR) is 103 cm³/mol. The summed E-state index contributed by atoms with van der Waals surface area (Å²) in [5.74, 6) is 3.42. The van der Waals surface area contributed by atoms with Gasteiger partial charge < -0.3 is 14.7 Å². The molecule has 1 amide bonds. The minimum Gasteiger partial charge on any atom is -0.497 e. The number of hydrogen-bond acceptors (Lipinski definition) is 4. The van der Waals surface area contributed by atoms with Gasteiger partial charge >= 0.3 is 0 Å². The van der Waals surface area contributed by atoms with Gasteiger partial charge in [0.05, 0.1) is 19.1 Å². The third-order valence-electron chi connectivity index (χ3n) is 4.39. The number of nitrogens with zero attached hydrogens (tertiary/aromatic N) is 1. The molecule has 0 radical (unpaired) electrons. The topological polar surface area (TPSA) is 49.8 Å². The molecule has 3 rings (SSSR count). The largest absolute Gasteiger partial charge is 0.497 e. The monoisotopic (exact) mass is 367 g/mol. The first-order valence-electron chi connectivity index (χ1n) is 8.44. The zero-order chi connectivity index (χ0) is 18.5. The molecule has 2 aromatic carbocycles. The van der Waals surface area contributed by atoms with Crippen LogP contribution in [0.25, 0.3) is 0 Å². The maximum atomic E-state index is 12.4. The van der Waals surface area contributed by atoms with Gasteiger partial charge in [-0.05, 0) is 53.8 Å². The van der Waals surface area contributed by atoms with Crippen LogP contribution in [-0.4, -0.2) is 35.2 Å². The Labute approximate surface area is 158 Å². The second-order valence-corrected chi connectivity index (χ2v) is 7.07. The summed E-state index contributed by atoms with van der Waals surface area (Å²) in [6.45, 7) is 2.12. The van der Waals surface area contributed by atoms with Crippen LogP contribution in [0.15, 0.2) is 59.5 Å². The molecule has 1 heterocycles. The van der Waals surface area contributed by atoms with E-state index in [1.807, 2.05) is 54.6 Å². The molecule has 0 saturated carbocycles. The van der Waals surface area contributed by atoms with E-state index in [-0.39, 0.29) is 11.9 Å². The summed E-state index contributed by atoms with van der Waals surface area (Å²) >= 11 is 1.43. The first-order chi connectivity index (χ1) is 12.6. The van der Waals surface area contributed by atoms with Crippen molar-refractivity contribution in [2.45, 2.75) is 30.5 Å². The summed E-state index contributed by atoms with van der Waals surface area (Å²) in [7, 11) is 1.62. The van der Waals surface area contributed by atoms with Gasteiger partial charge in [-0.2, -0.15) is 0 Å². The van der Waals surface area contributed by atoms with Gasteiger partial charge in [0.25, 0.3) is 0 Å². The number of methoxy groups -OCH3 is 1. The number of aliphatic hydroxyl groups is 1. The highest BCUT2D eigenvalue weighted by molar-refractivity contribution is 8.03. The van der Waals surface area contributed by atoms with Crippen LogP contribution in [0.4, 0.5) is 0 Å². The molecule has 1 N–H and O–H groups in total. The van der Waals surface area contributed by atoms with Crippen molar-refractivity contribution in [1.29, 1.82) is 0 Å². The number of ether oxygens (including phenoxy) is 1. The molecule has 0 bridgehead atoms. The number of aliphatic hydroxyl groups excluding tert-OH is 1. The van der Waals surface area contributed by atoms with E-state index in [0.717, 1.165) is 16.2 Å². The molecule has 2 aromatic rings. The van der Waals surface area contributed by atoms with Crippen molar-refractivity contribution in [3.8, 4) is 16.9 Å². The average molecular weight is 367 g/mol. The van der Waals surface area contributed by atoms with E-state index in [2.05, 4.69) is 11.2 Å². The van der Waals surface area contributed by atoms with Crippen molar-refractivity contribution >= 4 is 17.7 Å². The van der Waals surface area contributed by atoms with Gasteiger partial charge in [-0.25, -0.2) is 0 Å². The minimum atomic E-state index is -0.712. The van der Waals surface area contributed by atoms with Gasteiger partial charge in [0, 0.05) is 11.4 Å².